The minimum absolute atomic E-state index is 0.00834. The highest BCUT2D eigenvalue weighted by atomic mass is 16.2. The van der Waals surface area contributed by atoms with Gasteiger partial charge in [-0.2, -0.15) is 4.80 Å². The molecule has 0 unspecified atom stereocenters. The van der Waals surface area contributed by atoms with Crippen LogP contribution in [0.4, 0.5) is 5.69 Å². The van der Waals surface area contributed by atoms with E-state index in [0.717, 1.165) is 28.9 Å². The average Bonchev–Trinajstić information content (AvgIpc) is 3.10. The van der Waals surface area contributed by atoms with E-state index in [-0.39, 0.29) is 12.5 Å². The number of carbonyl (C=O) groups excluding carboxylic acids is 1. The second kappa shape index (κ2) is 8.35. The van der Waals surface area contributed by atoms with E-state index in [0.29, 0.717) is 12.4 Å². The molecule has 0 atom stereocenters. The summed E-state index contributed by atoms with van der Waals surface area (Å²) in [5, 5.41) is 18.5. The van der Waals surface area contributed by atoms with E-state index in [1.54, 1.807) is 0 Å². The first kappa shape index (κ1) is 17.8. The Morgan fingerprint density at radius 3 is 2.65 bits per heavy atom. The summed E-state index contributed by atoms with van der Waals surface area (Å²) < 4.78 is 0. The molecule has 0 fully saturated rings. The van der Waals surface area contributed by atoms with Crippen LogP contribution in [-0.4, -0.2) is 32.7 Å². The van der Waals surface area contributed by atoms with Crippen molar-refractivity contribution in [3.8, 4) is 11.4 Å². The molecule has 0 bridgehead atoms. The zero-order chi connectivity index (χ0) is 18.4. The number of aromatic nitrogens is 4. The summed E-state index contributed by atoms with van der Waals surface area (Å²) in [6.07, 6.45) is 0. The molecule has 134 valence electrons. The van der Waals surface area contributed by atoms with Gasteiger partial charge in [0, 0.05) is 17.8 Å². The zero-order valence-electron chi connectivity index (χ0n) is 14.9. The number of aryl methyl sites for hydroxylation is 1. The van der Waals surface area contributed by atoms with Gasteiger partial charge in [0.25, 0.3) is 0 Å². The topological polar surface area (TPSA) is 84.7 Å². The summed E-state index contributed by atoms with van der Waals surface area (Å²) in [7, 11) is 0. The normalized spacial score (nSPS) is 10.7. The van der Waals surface area contributed by atoms with Crippen molar-refractivity contribution >= 4 is 11.6 Å². The number of nitrogens with one attached hydrogen (secondary N) is 2. The molecule has 3 aromatic rings. The van der Waals surface area contributed by atoms with E-state index in [4.69, 9.17) is 0 Å². The number of para-hydroxylation sites is 1. The van der Waals surface area contributed by atoms with Gasteiger partial charge in [-0.3, -0.25) is 4.79 Å². The number of carbonyl (C=O) groups is 1. The molecule has 0 aliphatic heterocycles. The summed E-state index contributed by atoms with van der Waals surface area (Å²) in [6, 6.07) is 15.6. The molecule has 0 radical (unpaired) electrons. The van der Waals surface area contributed by atoms with Gasteiger partial charge in [0.1, 0.15) is 6.54 Å². The number of amides is 1. The van der Waals surface area contributed by atoms with Gasteiger partial charge in [-0.1, -0.05) is 55.0 Å². The maximum atomic E-state index is 12.3. The first-order valence-corrected chi connectivity index (χ1v) is 8.59. The number of rotatable bonds is 7. The van der Waals surface area contributed by atoms with Gasteiger partial charge in [0.15, 0.2) is 0 Å². The van der Waals surface area contributed by atoms with Crippen LogP contribution in [0.25, 0.3) is 11.4 Å². The van der Waals surface area contributed by atoms with Crippen LogP contribution in [0.2, 0.25) is 0 Å². The minimum Gasteiger partial charge on any atom is -0.324 e. The van der Waals surface area contributed by atoms with Crippen molar-refractivity contribution in [3.05, 3.63) is 59.7 Å². The first-order chi connectivity index (χ1) is 12.7. The lowest BCUT2D eigenvalue weighted by atomic mass is 10.1. The van der Waals surface area contributed by atoms with Gasteiger partial charge in [0.2, 0.25) is 11.7 Å². The standard InChI is InChI=1S/C19H22N6O/c1-3-20-12-16-6-4-5-7-17(16)21-18(26)13-25-23-19(22-24-25)15-10-8-14(2)9-11-15/h4-11,20H,3,12-13H2,1-2H3,(H,21,26). The van der Waals surface area contributed by atoms with Gasteiger partial charge in [-0.05, 0) is 30.3 Å². The number of nitrogens with zero attached hydrogens (tertiary/aromatic N) is 4. The van der Waals surface area contributed by atoms with Gasteiger partial charge in [0.05, 0.1) is 0 Å². The van der Waals surface area contributed by atoms with Crippen molar-refractivity contribution in [2.45, 2.75) is 26.9 Å². The molecule has 0 saturated carbocycles. The largest absolute Gasteiger partial charge is 0.324 e. The van der Waals surface area contributed by atoms with E-state index < -0.39 is 0 Å². The third kappa shape index (κ3) is 4.52. The van der Waals surface area contributed by atoms with Crippen LogP contribution in [-0.2, 0) is 17.9 Å². The number of anilines is 1. The van der Waals surface area contributed by atoms with Gasteiger partial charge >= 0.3 is 0 Å². The van der Waals surface area contributed by atoms with E-state index in [1.807, 2.05) is 62.4 Å². The molecule has 1 heterocycles. The molecule has 26 heavy (non-hydrogen) atoms. The molecule has 0 spiro atoms. The van der Waals surface area contributed by atoms with Crippen LogP contribution < -0.4 is 10.6 Å². The first-order valence-electron chi connectivity index (χ1n) is 8.59. The fourth-order valence-electron chi connectivity index (χ4n) is 2.50. The summed E-state index contributed by atoms with van der Waals surface area (Å²) in [4.78, 5) is 13.6. The van der Waals surface area contributed by atoms with Crippen LogP contribution in [0.5, 0.6) is 0 Å². The summed E-state index contributed by atoms with van der Waals surface area (Å²) >= 11 is 0. The lowest BCUT2D eigenvalue weighted by Gasteiger charge is -2.11. The Morgan fingerprint density at radius 1 is 1.12 bits per heavy atom. The molecule has 0 aliphatic rings. The lowest BCUT2D eigenvalue weighted by molar-refractivity contribution is -0.117. The van der Waals surface area contributed by atoms with Crippen molar-refractivity contribution in [1.82, 2.24) is 25.5 Å². The molecule has 0 saturated heterocycles. The second-order valence-corrected chi connectivity index (χ2v) is 6.00. The number of tetrazole rings is 1. The quantitative estimate of drug-likeness (QED) is 0.683. The fraction of sp³-hybridized carbons (Fsp3) is 0.263. The summed E-state index contributed by atoms with van der Waals surface area (Å²) in [5.41, 5.74) is 3.86. The highest BCUT2D eigenvalue weighted by molar-refractivity contribution is 5.91. The van der Waals surface area contributed by atoms with Crippen LogP contribution in [0.1, 0.15) is 18.1 Å². The minimum atomic E-state index is -0.193. The monoisotopic (exact) mass is 350 g/mol. The van der Waals surface area contributed by atoms with Crippen molar-refractivity contribution in [2.24, 2.45) is 0 Å². The summed E-state index contributed by atoms with van der Waals surface area (Å²) in [6.45, 7) is 5.64. The molecule has 3 rings (SSSR count). The van der Waals surface area contributed by atoms with Crippen molar-refractivity contribution < 1.29 is 4.79 Å². The van der Waals surface area contributed by atoms with Gasteiger partial charge < -0.3 is 10.6 Å². The molecule has 2 N–H and O–H groups in total. The number of benzene rings is 2. The Morgan fingerprint density at radius 2 is 1.88 bits per heavy atom. The van der Waals surface area contributed by atoms with Gasteiger partial charge in [-0.25, -0.2) is 0 Å². The maximum Gasteiger partial charge on any atom is 0.248 e. The molecule has 1 aromatic heterocycles. The third-order valence-corrected chi connectivity index (χ3v) is 3.90. The van der Waals surface area contributed by atoms with Crippen molar-refractivity contribution in [3.63, 3.8) is 0 Å². The van der Waals surface area contributed by atoms with E-state index in [2.05, 4.69) is 26.0 Å². The average molecular weight is 350 g/mol. The number of hydrogen-bond donors (Lipinski definition) is 2. The Balaban J connectivity index is 1.65. The molecule has 1 amide bonds. The Bertz CT molecular complexity index is 872. The molecule has 7 nitrogen and oxygen atoms in total. The second-order valence-electron chi connectivity index (χ2n) is 6.00. The predicted molar refractivity (Wildman–Crippen MR) is 100 cm³/mol. The number of hydrogen-bond acceptors (Lipinski definition) is 5. The molecule has 0 aliphatic carbocycles. The smallest absolute Gasteiger partial charge is 0.248 e. The highest BCUT2D eigenvalue weighted by Crippen LogP contribution is 2.16. The van der Waals surface area contributed by atoms with E-state index in [1.165, 1.54) is 4.80 Å². The van der Waals surface area contributed by atoms with E-state index in [9.17, 15) is 4.79 Å². The molecule has 7 heteroatoms. The zero-order valence-corrected chi connectivity index (χ0v) is 14.9. The van der Waals surface area contributed by atoms with Crippen molar-refractivity contribution in [2.75, 3.05) is 11.9 Å². The van der Waals surface area contributed by atoms with Gasteiger partial charge in [-0.15, -0.1) is 10.2 Å². The third-order valence-electron chi connectivity index (χ3n) is 3.90. The maximum absolute atomic E-state index is 12.3. The van der Waals surface area contributed by atoms with E-state index >= 15 is 0 Å². The Kier molecular flexibility index (Phi) is 5.70. The van der Waals surface area contributed by atoms with Crippen LogP contribution in [0.15, 0.2) is 48.5 Å². The van der Waals surface area contributed by atoms with Crippen LogP contribution in [0.3, 0.4) is 0 Å². The fourth-order valence-corrected chi connectivity index (χ4v) is 2.50. The Labute approximate surface area is 152 Å². The SMILES string of the molecule is CCNCc1ccccc1NC(=O)Cn1nnc(-c2ccc(C)cc2)n1. The summed E-state index contributed by atoms with van der Waals surface area (Å²) in [5.74, 6) is 0.312. The van der Waals surface area contributed by atoms with Crippen LogP contribution in [0, 0.1) is 6.92 Å². The molecular weight excluding hydrogens is 328 g/mol. The predicted octanol–water partition coefficient (Wildman–Crippen LogP) is 2.40. The lowest BCUT2D eigenvalue weighted by Crippen LogP contribution is -2.22. The highest BCUT2D eigenvalue weighted by Gasteiger charge is 2.11. The molecule has 2 aromatic carbocycles. The van der Waals surface area contributed by atoms with Crippen molar-refractivity contribution in [1.29, 1.82) is 0 Å². The van der Waals surface area contributed by atoms with Crippen LogP contribution >= 0.6 is 0 Å². The molecular formula is C19H22N6O. The Hall–Kier alpha value is -3.06.